The number of hydrogen-bond donors (Lipinski definition) is 1. The van der Waals surface area contributed by atoms with Crippen LogP contribution in [0.3, 0.4) is 0 Å². The zero-order chi connectivity index (χ0) is 20.2. The topological polar surface area (TPSA) is 80.2 Å². The molecule has 4 heterocycles. The summed E-state index contributed by atoms with van der Waals surface area (Å²) in [7, 11) is 0. The van der Waals surface area contributed by atoms with E-state index >= 15 is 0 Å². The Hall–Kier alpha value is -2.54. The molecule has 2 aromatic rings. The van der Waals surface area contributed by atoms with Gasteiger partial charge < -0.3 is 15.0 Å². The molecule has 7 heteroatoms. The van der Waals surface area contributed by atoms with Gasteiger partial charge in [-0.05, 0) is 36.8 Å². The summed E-state index contributed by atoms with van der Waals surface area (Å²) >= 11 is 0. The van der Waals surface area contributed by atoms with Gasteiger partial charge in [0.1, 0.15) is 17.3 Å². The van der Waals surface area contributed by atoms with E-state index in [1.807, 2.05) is 18.3 Å². The molecule has 2 aliphatic heterocycles. The normalized spacial score (nSPS) is 17.3. The van der Waals surface area contributed by atoms with Crippen molar-refractivity contribution in [3.05, 3.63) is 47.2 Å². The molecule has 1 saturated heterocycles. The van der Waals surface area contributed by atoms with Gasteiger partial charge in [0.2, 0.25) is 0 Å². The lowest BCUT2D eigenvalue weighted by Crippen LogP contribution is -2.40. The highest BCUT2D eigenvalue weighted by Gasteiger charge is 2.29. The molecule has 154 valence electrons. The molecule has 1 amide bonds. The summed E-state index contributed by atoms with van der Waals surface area (Å²) in [5.41, 5.74) is 2.66. The van der Waals surface area contributed by atoms with Crippen LogP contribution in [0.4, 0.5) is 5.82 Å². The fraction of sp³-hybridized carbons (Fsp3) is 0.545. The first-order valence-corrected chi connectivity index (χ1v) is 10.5. The van der Waals surface area contributed by atoms with Crippen molar-refractivity contribution in [3.8, 4) is 0 Å². The summed E-state index contributed by atoms with van der Waals surface area (Å²) in [6, 6.07) is 3.97. The summed E-state index contributed by atoms with van der Waals surface area (Å²) in [6.45, 7) is 7.30. The first kappa shape index (κ1) is 19.8. The number of anilines is 1. The number of fused-ring (bicyclic) bond motifs is 1. The van der Waals surface area contributed by atoms with E-state index in [9.17, 15) is 4.79 Å². The Labute approximate surface area is 171 Å². The second-order valence-electron chi connectivity index (χ2n) is 8.25. The highest BCUT2D eigenvalue weighted by molar-refractivity contribution is 5.96. The van der Waals surface area contributed by atoms with E-state index in [-0.39, 0.29) is 12.0 Å². The molecule has 0 spiro atoms. The molecule has 2 aliphatic rings. The molecule has 0 aromatic carbocycles. The minimum atomic E-state index is -0.0744. The second kappa shape index (κ2) is 8.86. The van der Waals surface area contributed by atoms with Gasteiger partial charge in [0.05, 0.1) is 12.7 Å². The van der Waals surface area contributed by atoms with Gasteiger partial charge in [-0.15, -0.1) is 0 Å². The number of nitrogens with one attached hydrogen (secondary N) is 1. The number of carbonyl (C=O) groups excluding carboxylic acids is 1. The van der Waals surface area contributed by atoms with Crippen molar-refractivity contribution in [2.75, 3.05) is 24.5 Å². The fourth-order valence-electron chi connectivity index (χ4n) is 3.97. The third kappa shape index (κ3) is 4.72. The Morgan fingerprint density at radius 2 is 2.10 bits per heavy atom. The van der Waals surface area contributed by atoms with Gasteiger partial charge >= 0.3 is 0 Å². The molecule has 2 aromatic heterocycles. The minimum absolute atomic E-state index is 0.0744. The zero-order valence-electron chi connectivity index (χ0n) is 17.2. The van der Waals surface area contributed by atoms with E-state index in [1.165, 1.54) is 0 Å². The molecular weight excluding hydrogens is 366 g/mol. The van der Waals surface area contributed by atoms with Crippen LogP contribution < -0.4 is 10.2 Å². The monoisotopic (exact) mass is 395 g/mol. The van der Waals surface area contributed by atoms with Gasteiger partial charge in [-0.2, -0.15) is 0 Å². The Morgan fingerprint density at radius 1 is 1.28 bits per heavy atom. The van der Waals surface area contributed by atoms with Gasteiger partial charge in [-0.25, -0.2) is 9.97 Å². The molecular formula is C22H29N5O2. The summed E-state index contributed by atoms with van der Waals surface area (Å²) in [5, 5.41) is 2.92. The maximum atomic E-state index is 12.4. The minimum Gasteiger partial charge on any atom is -0.373 e. The molecule has 4 rings (SSSR count). The number of nitrogens with zero attached hydrogens (tertiary/aromatic N) is 4. The van der Waals surface area contributed by atoms with Crippen LogP contribution in [0.1, 0.15) is 54.1 Å². The predicted octanol–water partition coefficient (Wildman–Crippen LogP) is 2.54. The molecule has 0 aliphatic carbocycles. The van der Waals surface area contributed by atoms with Gasteiger partial charge in [0, 0.05) is 44.0 Å². The summed E-state index contributed by atoms with van der Waals surface area (Å²) in [4.78, 5) is 28.3. The first-order valence-electron chi connectivity index (χ1n) is 10.5. The first-order chi connectivity index (χ1) is 14.1. The average Bonchev–Trinajstić information content (AvgIpc) is 2.73. The molecule has 0 atom stereocenters. The Kier molecular flexibility index (Phi) is 6.04. The number of piperidine rings is 1. The zero-order valence-corrected chi connectivity index (χ0v) is 17.2. The Balaban J connectivity index is 1.46. The van der Waals surface area contributed by atoms with E-state index in [2.05, 4.69) is 34.0 Å². The molecule has 1 N–H and O–H groups in total. The number of ether oxygens (including phenoxy) is 1. The second-order valence-corrected chi connectivity index (χ2v) is 8.25. The third-order valence-corrected chi connectivity index (χ3v) is 5.45. The van der Waals surface area contributed by atoms with Crippen LogP contribution in [0.2, 0.25) is 0 Å². The van der Waals surface area contributed by atoms with E-state index in [0.717, 1.165) is 61.5 Å². The summed E-state index contributed by atoms with van der Waals surface area (Å²) < 4.78 is 6.10. The maximum Gasteiger partial charge on any atom is 0.270 e. The van der Waals surface area contributed by atoms with E-state index in [0.29, 0.717) is 24.8 Å². The number of pyridine rings is 1. The highest BCUT2D eigenvalue weighted by atomic mass is 16.5. The lowest BCUT2D eigenvalue weighted by atomic mass is 10.0. The summed E-state index contributed by atoms with van der Waals surface area (Å²) in [5.74, 6) is 2.08. The van der Waals surface area contributed by atoms with Crippen molar-refractivity contribution in [2.24, 2.45) is 5.92 Å². The SMILES string of the molecule is CC(C)Cc1nc2c(c(N3CCC(OCc4cccnc4)CC3)n1)CCNC2=O. The van der Waals surface area contributed by atoms with Gasteiger partial charge in [-0.1, -0.05) is 19.9 Å². The smallest absolute Gasteiger partial charge is 0.270 e. The van der Waals surface area contributed by atoms with E-state index in [4.69, 9.17) is 9.72 Å². The maximum absolute atomic E-state index is 12.4. The highest BCUT2D eigenvalue weighted by Crippen LogP contribution is 2.28. The third-order valence-electron chi connectivity index (χ3n) is 5.45. The quantitative estimate of drug-likeness (QED) is 0.810. The molecule has 0 saturated carbocycles. The summed E-state index contributed by atoms with van der Waals surface area (Å²) in [6.07, 6.45) is 7.33. The molecule has 29 heavy (non-hydrogen) atoms. The number of rotatable bonds is 6. The van der Waals surface area contributed by atoms with Crippen LogP contribution in [-0.2, 0) is 24.2 Å². The number of carbonyl (C=O) groups is 1. The number of aromatic nitrogens is 3. The van der Waals surface area contributed by atoms with Crippen molar-refractivity contribution in [1.29, 1.82) is 0 Å². The number of amides is 1. The fourth-order valence-corrected chi connectivity index (χ4v) is 3.97. The van der Waals surface area contributed by atoms with Crippen molar-refractivity contribution in [1.82, 2.24) is 20.3 Å². The van der Waals surface area contributed by atoms with E-state index < -0.39 is 0 Å². The van der Waals surface area contributed by atoms with Crippen LogP contribution in [0, 0.1) is 5.92 Å². The largest absolute Gasteiger partial charge is 0.373 e. The van der Waals surface area contributed by atoms with Crippen LogP contribution in [0.25, 0.3) is 0 Å². The molecule has 7 nitrogen and oxygen atoms in total. The van der Waals surface area contributed by atoms with Crippen LogP contribution in [0.15, 0.2) is 24.5 Å². The molecule has 0 bridgehead atoms. The Morgan fingerprint density at radius 3 is 2.83 bits per heavy atom. The predicted molar refractivity (Wildman–Crippen MR) is 111 cm³/mol. The standard InChI is InChI=1S/C22H29N5O2/c1-15(2)12-19-25-20-18(5-9-24-22(20)28)21(26-19)27-10-6-17(7-11-27)29-14-16-4-3-8-23-13-16/h3-4,8,13,15,17H,5-7,9-12,14H2,1-2H3,(H,24,28). The van der Waals surface area contributed by atoms with Crippen LogP contribution >= 0.6 is 0 Å². The van der Waals surface area contributed by atoms with Crippen LogP contribution in [0.5, 0.6) is 0 Å². The Bertz CT molecular complexity index is 848. The van der Waals surface area contributed by atoms with Crippen molar-refractivity contribution >= 4 is 11.7 Å². The van der Waals surface area contributed by atoms with Gasteiger partial charge in [0.25, 0.3) is 5.91 Å². The number of hydrogen-bond acceptors (Lipinski definition) is 6. The van der Waals surface area contributed by atoms with E-state index in [1.54, 1.807) is 6.20 Å². The molecule has 0 radical (unpaired) electrons. The van der Waals surface area contributed by atoms with Crippen LogP contribution in [-0.4, -0.2) is 46.6 Å². The average molecular weight is 396 g/mol. The lowest BCUT2D eigenvalue weighted by Gasteiger charge is -2.35. The lowest BCUT2D eigenvalue weighted by molar-refractivity contribution is 0.0249. The van der Waals surface area contributed by atoms with Gasteiger partial charge in [-0.3, -0.25) is 9.78 Å². The van der Waals surface area contributed by atoms with Crippen molar-refractivity contribution in [3.63, 3.8) is 0 Å². The van der Waals surface area contributed by atoms with Crippen molar-refractivity contribution < 1.29 is 9.53 Å². The molecule has 1 fully saturated rings. The van der Waals surface area contributed by atoms with Gasteiger partial charge in [0.15, 0.2) is 0 Å². The van der Waals surface area contributed by atoms with Crippen molar-refractivity contribution in [2.45, 2.75) is 52.2 Å². The molecule has 0 unspecified atom stereocenters.